The third kappa shape index (κ3) is 1.11. The van der Waals surface area contributed by atoms with Crippen molar-refractivity contribution in [2.45, 2.75) is 0 Å². The maximum Gasteiger partial charge on any atom is 0.228 e. The van der Waals surface area contributed by atoms with E-state index >= 15 is 0 Å². The quantitative estimate of drug-likeness (QED) is 0.655. The van der Waals surface area contributed by atoms with Crippen molar-refractivity contribution < 1.29 is 4.39 Å². The third-order valence-electron chi connectivity index (χ3n) is 1.75. The van der Waals surface area contributed by atoms with Gasteiger partial charge in [0.25, 0.3) is 0 Å². The second kappa shape index (κ2) is 2.76. The van der Waals surface area contributed by atoms with Gasteiger partial charge in [-0.15, -0.1) is 10.2 Å². The summed E-state index contributed by atoms with van der Waals surface area (Å²) in [7, 11) is 3.12. The van der Waals surface area contributed by atoms with Gasteiger partial charge in [0.1, 0.15) is 0 Å². The Hall–Kier alpha value is -1.99. The lowest BCUT2D eigenvalue weighted by Gasteiger charge is -1.88. The molecule has 0 unspecified atom stereocenters. The van der Waals surface area contributed by atoms with Gasteiger partial charge >= 0.3 is 0 Å². The molecule has 8 heteroatoms. The normalized spacial score (nSPS) is 10.8. The zero-order chi connectivity index (χ0) is 10.3. The third-order valence-corrected chi connectivity index (χ3v) is 1.75. The first-order valence-corrected chi connectivity index (χ1v) is 3.82. The van der Waals surface area contributed by atoms with Gasteiger partial charge in [-0.3, -0.25) is 0 Å². The first-order chi connectivity index (χ1) is 6.59. The molecule has 74 valence electrons. The zero-order valence-corrected chi connectivity index (χ0v) is 7.64. The van der Waals surface area contributed by atoms with E-state index in [0.717, 1.165) is 0 Å². The molecule has 0 fully saturated rings. The van der Waals surface area contributed by atoms with Crippen LogP contribution < -0.4 is 5.73 Å². The summed E-state index contributed by atoms with van der Waals surface area (Å²) in [5, 5.41) is 14.9. The summed E-state index contributed by atoms with van der Waals surface area (Å²) >= 11 is 0. The molecule has 0 aromatic carbocycles. The van der Waals surface area contributed by atoms with Crippen molar-refractivity contribution in [3.05, 3.63) is 5.82 Å². The Morgan fingerprint density at radius 2 is 2.00 bits per heavy atom. The molecule has 7 nitrogen and oxygen atoms in total. The van der Waals surface area contributed by atoms with Gasteiger partial charge in [0.15, 0.2) is 17.3 Å². The molecule has 0 bridgehead atoms. The van der Waals surface area contributed by atoms with Gasteiger partial charge in [0, 0.05) is 7.05 Å². The summed E-state index contributed by atoms with van der Waals surface area (Å²) in [4.78, 5) is 1.22. The first-order valence-electron chi connectivity index (χ1n) is 3.82. The number of tetrazole rings is 1. The molecule has 0 radical (unpaired) electrons. The van der Waals surface area contributed by atoms with Crippen molar-refractivity contribution in [3.8, 4) is 11.5 Å². The number of halogens is 1. The summed E-state index contributed by atoms with van der Waals surface area (Å²) in [5.41, 5.74) is 5.40. The van der Waals surface area contributed by atoms with Crippen molar-refractivity contribution in [3.63, 3.8) is 0 Å². The molecule has 0 saturated carbocycles. The van der Waals surface area contributed by atoms with Gasteiger partial charge in [0.2, 0.25) is 5.82 Å². The van der Waals surface area contributed by atoms with E-state index in [1.807, 2.05) is 0 Å². The molecule has 0 aliphatic rings. The first kappa shape index (κ1) is 8.60. The van der Waals surface area contributed by atoms with Crippen LogP contribution in [0, 0.1) is 5.82 Å². The SMILES string of the molecule is Cn1nnc(-c2nn(C)c(N)c2F)n1. The van der Waals surface area contributed by atoms with Crippen LogP contribution in [0.4, 0.5) is 10.2 Å². The van der Waals surface area contributed by atoms with E-state index < -0.39 is 5.82 Å². The van der Waals surface area contributed by atoms with Crippen molar-refractivity contribution >= 4 is 5.82 Å². The van der Waals surface area contributed by atoms with Gasteiger partial charge in [-0.1, -0.05) is 0 Å². The Labute approximate surface area is 78.3 Å². The predicted octanol–water partition coefficient (Wildman–Crippen LogP) is -0.668. The molecule has 2 aromatic rings. The summed E-state index contributed by atoms with van der Waals surface area (Å²) in [6, 6.07) is 0. The van der Waals surface area contributed by atoms with Gasteiger partial charge < -0.3 is 5.73 Å². The van der Waals surface area contributed by atoms with Crippen molar-refractivity contribution in [2.75, 3.05) is 5.73 Å². The number of hydrogen-bond donors (Lipinski definition) is 1. The standard InChI is InChI=1S/C6H8FN7/c1-13-5(8)3(7)4(10-13)6-9-12-14(2)11-6/h8H2,1-2H3. The van der Waals surface area contributed by atoms with Gasteiger partial charge in [0.05, 0.1) is 7.05 Å². The van der Waals surface area contributed by atoms with Crippen molar-refractivity contribution in [2.24, 2.45) is 14.1 Å². The number of anilines is 1. The van der Waals surface area contributed by atoms with Gasteiger partial charge in [-0.25, -0.2) is 9.07 Å². The molecule has 2 heterocycles. The van der Waals surface area contributed by atoms with Crippen LogP contribution in [0.3, 0.4) is 0 Å². The zero-order valence-electron chi connectivity index (χ0n) is 7.64. The highest BCUT2D eigenvalue weighted by atomic mass is 19.1. The van der Waals surface area contributed by atoms with E-state index in [1.54, 1.807) is 7.05 Å². The van der Waals surface area contributed by atoms with E-state index in [4.69, 9.17) is 5.73 Å². The van der Waals surface area contributed by atoms with Crippen LogP contribution in [0.15, 0.2) is 0 Å². The van der Waals surface area contributed by atoms with E-state index in [-0.39, 0.29) is 17.3 Å². The topological polar surface area (TPSA) is 87.4 Å². The number of nitrogens with two attached hydrogens (primary N) is 1. The predicted molar refractivity (Wildman–Crippen MR) is 45.4 cm³/mol. The highest BCUT2D eigenvalue weighted by Gasteiger charge is 2.18. The second-order valence-corrected chi connectivity index (χ2v) is 2.77. The number of aromatic nitrogens is 6. The lowest BCUT2D eigenvalue weighted by Crippen LogP contribution is -1.97. The minimum Gasteiger partial charge on any atom is -0.381 e. The van der Waals surface area contributed by atoms with Crippen molar-refractivity contribution in [1.29, 1.82) is 0 Å². The second-order valence-electron chi connectivity index (χ2n) is 2.77. The molecule has 0 saturated heterocycles. The fraction of sp³-hybridized carbons (Fsp3) is 0.333. The van der Waals surface area contributed by atoms with Crippen LogP contribution in [0.2, 0.25) is 0 Å². The summed E-state index contributed by atoms with van der Waals surface area (Å²) in [5.74, 6) is -0.551. The lowest BCUT2D eigenvalue weighted by molar-refractivity contribution is 0.627. The van der Waals surface area contributed by atoms with Crippen LogP contribution >= 0.6 is 0 Å². The Morgan fingerprint density at radius 3 is 2.43 bits per heavy atom. The van der Waals surface area contributed by atoms with E-state index in [2.05, 4.69) is 20.5 Å². The minimum atomic E-state index is -0.625. The van der Waals surface area contributed by atoms with Gasteiger partial charge in [-0.2, -0.15) is 9.90 Å². The molecule has 0 amide bonds. The molecule has 0 atom stereocenters. The van der Waals surface area contributed by atoms with E-state index in [0.29, 0.717) is 0 Å². The molecule has 0 spiro atoms. The summed E-state index contributed by atoms with van der Waals surface area (Å²) < 4.78 is 14.6. The largest absolute Gasteiger partial charge is 0.381 e. The molecule has 2 aromatic heterocycles. The Bertz CT molecular complexity index is 470. The molecule has 0 aliphatic heterocycles. The maximum atomic E-state index is 13.4. The summed E-state index contributed by atoms with van der Waals surface area (Å²) in [6.45, 7) is 0. The lowest BCUT2D eigenvalue weighted by atomic mass is 10.4. The van der Waals surface area contributed by atoms with Crippen LogP contribution in [0.25, 0.3) is 11.5 Å². The van der Waals surface area contributed by atoms with Crippen LogP contribution in [-0.4, -0.2) is 30.0 Å². The van der Waals surface area contributed by atoms with Crippen LogP contribution in [0.1, 0.15) is 0 Å². The molecule has 14 heavy (non-hydrogen) atoms. The highest BCUT2D eigenvalue weighted by Crippen LogP contribution is 2.20. The monoisotopic (exact) mass is 197 g/mol. The fourth-order valence-corrected chi connectivity index (χ4v) is 1.03. The molecule has 2 rings (SSSR count). The number of aryl methyl sites for hydroxylation is 2. The number of nitrogens with zero attached hydrogens (tertiary/aromatic N) is 6. The molecular formula is C6H8FN7. The Balaban J connectivity index is 2.57. The van der Waals surface area contributed by atoms with E-state index in [9.17, 15) is 4.39 Å². The smallest absolute Gasteiger partial charge is 0.228 e. The number of nitrogen functional groups attached to an aromatic ring is 1. The number of rotatable bonds is 1. The van der Waals surface area contributed by atoms with E-state index in [1.165, 1.54) is 16.5 Å². The maximum absolute atomic E-state index is 13.4. The molecular weight excluding hydrogens is 189 g/mol. The number of hydrogen-bond acceptors (Lipinski definition) is 5. The summed E-state index contributed by atoms with van der Waals surface area (Å²) in [6.07, 6.45) is 0. The Kier molecular flexibility index (Phi) is 1.69. The average Bonchev–Trinajstić information content (AvgIpc) is 2.66. The van der Waals surface area contributed by atoms with Crippen LogP contribution in [-0.2, 0) is 14.1 Å². The highest BCUT2D eigenvalue weighted by molar-refractivity contribution is 5.55. The Morgan fingerprint density at radius 1 is 1.29 bits per heavy atom. The van der Waals surface area contributed by atoms with Crippen molar-refractivity contribution in [1.82, 2.24) is 30.0 Å². The molecule has 0 aliphatic carbocycles. The molecule has 2 N–H and O–H groups in total. The average molecular weight is 197 g/mol. The van der Waals surface area contributed by atoms with Gasteiger partial charge in [-0.05, 0) is 5.21 Å². The van der Waals surface area contributed by atoms with Crippen LogP contribution in [0.5, 0.6) is 0 Å². The fourth-order valence-electron chi connectivity index (χ4n) is 1.03. The minimum absolute atomic E-state index is 0.0121.